The topological polar surface area (TPSA) is 51.7 Å². The fourth-order valence-electron chi connectivity index (χ4n) is 2.75. The summed E-state index contributed by atoms with van der Waals surface area (Å²) < 4.78 is 10.8. The number of aromatic nitrogens is 1. The van der Waals surface area contributed by atoms with Crippen LogP contribution in [0.2, 0.25) is 0 Å². The zero-order valence-corrected chi connectivity index (χ0v) is 16.9. The van der Waals surface area contributed by atoms with Crippen molar-refractivity contribution >= 4 is 22.4 Å². The van der Waals surface area contributed by atoms with E-state index in [1.165, 1.54) is 11.3 Å². The molecule has 3 aromatic rings. The molecule has 6 heteroatoms. The van der Waals surface area contributed by atoms with Gasteiger partial charge in [-0.3, -0.25) is 9.69 Å². The molecule has 0 bridgehead atoms. The third-order valence-electron chi connectivity index (χ3n) is 4.18. The van der Waals surface area contributed by atoms with Crippen LogP contribution in [0.25, 0.3) is 11.3 Å². The maximum Gasteiger partial charge on any atom is 0.266 e. The van der Waals surface area contributed by atoms with Crippen molar-refractivity contribution in [3.8, 4) is 17.0 Å². The molecule has 5 nitrogen and oxygen atoms in total. The first-order chi connectivity index (χ1) is 13.7. The number of aryl methyl sites for hydroxylation is 1. The molecule has 28 heavy (non-hydrogen) atoms. The highest BCUT2D eigenvalue weighted by atomic mass is 32.1. The summed E-state index contributed by atoms with van der Waals surface area (Å²) in [5.74, 6) is 0.570. The standard InChI is InChI=1S/C22H24N2O3S/c1-17-8-6-11-19(14-17)27-15-21(25)24(12-7-13-26-2)22-23-20(16-28-22)18-9-4-3-5-10-18/h3-6,8-11,14,16H,7,12-13,15H2,1-2H3. The molecule has 0 aliphatic carbocycles. The average molecular weight is 397 g/mol. The summed E-state index contributed by atoms with van der Waals surface area (Å²) >= 11 is 1.46. The number of anilines is 1. The number of nitrogens with zero attached hydrogens (tertiary/aromatic N) is 2. The number of amides is 1. The van der Waals surface area contributed by atoms with Gasteiger partial charge in [-0.05, 0) is 31.0 Å². The van der Waals surface area contributed by atoms with Crippen molar-refractivity contribution in [3.63, 3.8) is 0 Å². The van der Waals surface area contributed by atoms with E-state index in [1.54, 1.807) is 12.0 Å². The number of carbonyl (C=O) groups is 1. The van der Waals surface area contributed by atoms with Gasteiger partial charge in [0, 0.05) is 31.2 Å². The molecule has 2 aromatic carbocycles. The number of rotatable bonds is 9. The molecular formula is C22H24N2O3S. The van der Waals surface area contributed by atoms with Crippen LogP contribution in [0.3, 0.4) is 0 Å². The minimum Gasteiger partial charge on any atom is -0.484 e. The van der Waals surface area contributed by atoms with Crippen molar-refractivity contribution in [1.82, 2.24) is 4.98 Å². The van der Waals surface area contributed by atoms with Crippen LogP contribution in [-0.2, 0) is 9.53 Å². The van der Waals surface area contributed by atoms with Gasteiger partial charge < -0.3 is 9.47 Å². The number of methoxy groups -OCH3 is 1. The Labute approximate surface area is 169 Å². The van der Waals surface area contributed by atoms with Crippen LogP contribution in [-0.4, -0.2) is 37.8 Å². The number of thiazole rings is 1. The van der Waals surface area contributed by atoms with Crippen molar-refractivity contribution in [2.45, 2.75) is 13.3 Å². The van der Waals surface area contributed by atoms with Gasteiger partial charge in [-0.1, -0.05) is 42.5 Å². The zero-order chi connectivity index (χ0) is 19.8. The largest absolute Gasteiger partial charge is 0.484 e. The van der Waals surface area contributed by atoms with E-state index >= 15 is 0 Å². The first-order valence-electron chi connectivity index (χ1n) is 9.17. The van der Waals surface area contributed by atoms with Gasteiger partial charge in [0.2, 0.25) is 0 Å². The number of benzene rings is 2. The van der Waals surface area contributed by atoms with E-state index < -0.39 is 0 Å². The van der Waals surface area contributed by atoms with E-state index in [-0.39, 0.29) is 12.5 Å². The van der Waals surface area contributed by atoms with Crippen LogP contribution in [0.15, 0.2) is 60.0 Å². The van der Waals surface area contributed by atoms with Crippen LogP contribution in [0.5, 0.6) is 5.75 Å². The van der Waals surface area contributed by atoms with Gasteiger partial charge in [0.1, 0.15) is 5.75 Å². The van der Waals surface area contributed by atoms with E-state index in [4.69, 9.17) is 9.47 Å². The maximum atomic E-state index is 12.9. The lowest BCUT2D eigenvalue weighted by molar-refractivity contribution is -0.120. The van der Waals surface area contributed by atoms with E-state index in [0.717, 1.165) is 23.2 Å². The summed E-state index contributed by atoms with van der Waals surface area (Å²) in [6.07, 6.45) is 0.729. The molecular weight excluding hydrogens is 372 g/mol. The Morgan fingerprint density at radius 3 is 2.71 bits per heavy atom. The first-order valence-corrected chi connectivity index (χ1v) is 10.0. The molecule has 0 aliphatic rings. The Morgan fingerprint density at radius 1 is 1.14 bits per heavy atom. The minimum atomic E-state index is -0.119. The number of ether oxygens (including phenoxy) is 2. The van der Waals surface area contributed by atoms with Gasteiger partial charge >= 0.3 is 0 Å². The Kier molecular flexibility index (Phi) is 7.17. The zero-order valence-electron chi connectivity index (χ0n) is 16.1. The Bertz CT molecular complexity index is 896. The second kappa shape index (κ2) is 10.0. The molecule has 146 valence electrons. The van der Waals surface area contributed by atoms with Crippen molar-refractivity contribution in [3.05, 3.63) is 65.5 Å². The third kappa shape index (κ3) is 5.41. The normalized spacial score (nSPS) is 10.6. The second-order valence-corrected chi connectivity index (χ2v) is 7.21. The summed E-state index contributed by atoms with van der Waals surface area (Å²) in [6, 6.07) is 17.6. The second-order valence-electron chi connectivity index (χ2n) is 6.38. The summed E-state index contributed by atoms with van der Waals surface area (Å²) in [6.45, 7) is 3.08. The van der Waals surface area contributed by atoms with Crippen LogP contribution in [0, 0.1) is 6.92 Å². The molecule has 1 heterocycles. The van der Waals surface area contributed by atoms with Gasteiger partial charge in [0.05, 0.1) is 5.69 Å². The lowest BCUT2D eigenvalue weighted by Gasteiger charge is -2.20. The van der Waals surface area contributed by atoms with E-state index in [2.05, 4.69) is 4.98 Å². The fraction of sp³-hybridized carbons (Fsp3) is 0.273. The van der Waals surface area contributed by atoms with Gasteiger partial charge in [-0.2, -0.15) is 0 Å². The van der Waals surface area contributed by atoms with Crippen LogP contribution in [0.4, 0.5) is 5.13 Å². The highest BCUT2D eigenvalue weighted by Gasteiger charge is 2.20. The first kappa shape index (κ1) is 20.0. The Hall–Kier alpha value is -2.70. The van der Waals surface area contributed by atoms with Crippen molar-refractivity contribution < 1.29 is 14.3 Å². The number of hydrogen-bond acceptors (Lipinski definition) is 5. The molecule has 0 unspecified atom stereocenters. The minimum absolute atomic E-state index is 0.0311. The molecule has 0 atom stereocenters. The van der Waals surface area contributed by atoms with E-state index in [0.29, 0.717) is 24.0 Å². The number of carbonyl (C=O) groups excluding carboxylic acids is 1. The SMILES string of the molecule is COCCCN(C(=O)COc1cccc(C)c1)c1nc(-c2ccccc2)cs1. The summed E-state index contributed by atoms with van der Waals surface area (Å²) in [7, 11) is 1.66. The Balaban J connectivity index is 1.72. The quantitative estimate of drug-likeness (QED) is 0.497. The molecule has 0 saturated heterocycles. The molecule has 3 rings (SSSR count). The maximum absolute atomic E-state index is 12.9. The molecule has 1 aromatic heterocycles. The van der Waals surface area contributed by atoms with Crippen LogP contribution < -0.4 is 9.64 Å². The van der Waals surface area contributed by atoms with Gasteiger partial charge in [0.15, 0.2) is 11.7 Å². The van der Waals surface area contributed by atoms with Gasteiger partial charge in [-0.15, -0.1) is 11.3 Å². The van der Waals surface area contributed by atoms with Crippen molar-refractivity contribution in [2.75, 3.05) is 31.8 Å². The van der Waals surface area contributed by atoms with Gasteiger partial charge in [-0.25, -0.2) is 4.98 Å². The smallest absolute Gasteiger partial charge is 0.266 e. The molecule has 0 saturated carbocycles. The highest BCUT2D eigenvalue weighted by molar-refractivity contribution is 7.14. The lowest BCUT2D eigenvalue weighted by Crippen LogP contribution is -2.36. The molecule has 0 spiro atoms. The molecule has 0 aliphatic heterocycles. The molecule has 0 fully saturated rings. The van der Waals surface area contributed by atoms with Crippen molar-refractivity contribution in [2.24, 2.45) is 0 Å². The highest BCUT2D eigenvalue weighted by Crippen LogP contribution is 2.27. The van der Waals surface area contributed by atoms with Crippen LogP contribution >= 0.6 is 11.3 Å². The Morgan fingerprint density at radius 2 is 1.96 bits per heavy atom. The monoisotopic (exact) mass is 396 g/mol. The lowest BCUT2D eigenvalue weighted by atomic mass is 10.2. The third-order valence-corrected chi connectivity index (χ3v) is 5.04. The predicted molar refractivity (Wildman–Crippen MR) is 113 cm³/mol. The fourth-order valence-corrected chi connectivity index (χ4v) is 3.63. The van der Waals surface area contributed by atoms with E-state index in [1.807, 2.05) is 66.9 Å². The van der Waals surface area contributed by atoms with E-state index in [9.17, 15) is 4.79 Å². The average Bonchev–Trinajstić information content (AvgIpc) is 3.20. The summed E-state index contributed by atoms with van der Waals surface area (Å²) in [5, 5.41) is 2.65. The number of hydrogen-bond donors (Lipinski definition) is 0. The van der Waals surface area contributed by atoms with Crippen molar-refractivity contribution in [1.29, 1.82) is 0 Å². The summed E-state index contributed by atoms with van der Waals surface area (Å²) in [4.78, 5) is 19.2. The van der Waals surface area contributed by atoms with Gasteiger partial charge in [0.25, 0.3) is 5.91 Å². The molecule has 0 N–H and O–H groups in total. The molecule has 0 radical (unpaired) electrons. The molecule has 1 amide bonds. The summed E-state index contributed by atoms with van der Waals surface area (Å²) in [5.41, 5.74) is 2.99. The predicted octanol–water partition coefficient (Wildman–Crippen LogP) is 4.57. The van der Waals surface area contributed by atoms with Crippen LogP contribution in [0.1, 0.15) is 12.0 Å².